The van der Waals surface area contributed by atoms with Crippen LogP contribution in [0.3, 0.4) is 0 Å². The SMILES string of the molecule is COCC(C)NC(=O)CSCC(C)N. The largest absolute Gasteiger partial charge is 0.383 e. The summed E-state index contributed by atoms with van der Waals surface area (Å²) in [6.45, 7) is 4.39. The van der Waals surface area contributed by atoms with Gasteiger partial charge in [0.25, 0.3) is 0 Å². The maximum absolute atomic E-state index is 11.3. The van der Waals surface area contributed by atoms with Crippen LogP contribution in [-0.4, -0.2) is 43.2 Å². The number of nitrogens with one attached hydrogen (secondary N) is 1. The highest BCUT2D eigenvalue weighted by Crippen LogP contribution is 2.00. The van der Waals surface area contributed by atoms with Gasteiger partial charge in [-0.2, -0.15) is 11.8 Å². The fraction of sp³-hybridized carbons (Fsp3) is 0.889. The number of nitrogens with two attached hydrogens (primary N) is 1. The lowest BCUT2D eigenvalue weighted by Gasteiger charge is -2.12. The molecule has 0 radical (unpaired) electrons. The van der Waals surface area contributed by atoms with Crippen molar-refractivity contribution in [3.8, 4) is 0 Å². The minimum atomic E-state index is 0.0419. The Kier molecular flexibility index (Phi) is 7.93. The van der Waals surface area contributed by atoms with E-state index in [-0.39, 0.29) is 18.0 Å². The predicted molar refractivity (Wildman–Crippen MR) is 60.5 cm³/mol. The van der Waals surface area contributed by atoms with Crippen LogP contribution in [0.4, 0.5) is 0 Å². The number of carbonyl (C=O) groups is 1. The van der Waals surface area contributed by atoms with E-state index in [1.807, 2.05) is 13.8 Å². The first-order chi connectivity index (χ1) is 6.56. The van der Waals surface area contributed by atoms with Gasteiger partial charge in [-0.3, -0.25) is 4.79 Å². The summed E-state index contributed by atoms with van der Waals surface area (Å²) in [5.41, 5.74) is 5.56. The van der Waals surface area contributed by atoms with E-state index in [4.69, 9.17) is 10.5 Å². The molecule has 0 saturated carbocycles. The number of hydrogen-bond acceptors (Lipinski definition) is 4. The zero-order valence-corrected chi connectivity index (χ0v) is 9.89. The molecule has 0 spiro atoms. The third-order valence-corrected chi connectivity index (χ3v) is 2.67. The van der Waals surface area contributed by atoms with Gasteiger partial charge in [0.15, 0.2) is 0 Å². The molecule has 0 fully saturated rings. The molecule has 0 aliphatic rings. The molecule has 0 aromatic carbocycles. The Morgan fingerprint density at radius 1 is 1.57 bits per heavy atom. The maximum Gasteiger partial charge on any atom is 0.230 e. The van der Waals surface area contributed by atoms with Crippen LogP contribution in [-0.2, 0) is 9.53 Å². The molecule has 2 unspecified atom stereocenters. The first kappa shape index (κ1) is 13.7. The number of rotatable bonds is 7. The summed E-state index contributed by atoms with van der Waals surface area (Å²) in [5, 5.41) is 2.83. The molecule has 0 heterocycles. The lowest BCUT2D eigenvalue weighted by molar-refractivity contribution is -0.119. The van der Waals surface area contributed by atoms with Crippen LogP contribution >= 0.6 is 11.8 Å². The van der Waals surface area contributed by atoms with Crippen molar-refractivity contribution in [3.63, 3.8) is 0 Å². The normalized spacial score (nSPS) is 14.9. The number of carbonyl (C=O) groups excluding carboxylic acids is 1. The van der Waals surface area contributed by atoms with Crippen molar-refractivity contribution >= 4 is 17.7 Å². The van der Waals surface area contributed by atoms with E-state index in [1.165, 1.54) is 0 Å². The van der Waals surface area contributed by atoms with Crippen LogP contribution in [0.15, 0.2) is 0 Å². The van der Waals surface area contributed by atoms with E-state index >= 15 is 0 Å². The van der Waals surface area contributed by atoms with E-state index in [2.05, 4.69) is 5.32 Å². The number of ether oxygens (including phenoxy) is 1. The molecule has 1 amide bonds. The molecule has 0 bridgehead atoms. The molecule has 0 aromatic rings. The van der Waals surface area contributed by atoms with Gasteiger partial charge < -0.3 is 15.8 Å². The first-order valence-corrected chi connectivity index (χ1v) is 5.83. The lowest BCUT2D eigenvalue weighted by atomic mass is 10.3. The van der Waals surface area contributed by atoms with Crippen LogP contribution in [0.2, 0.25) is 0 Å². The summed E-state index contributed by atoms with van der Waals surface area (Å²) >= 11 is 1.55. The van der Waals surface area contributed by atoms with Crippen LogP contribution in [0.25, 0.3) is 0 Å². The third-order valence-electron chi connectivity index (χ3n) is 1.44. The number of amides is 1. The highest BCUT2D eigenvalue weighted by Gasteiger charge is 2.06. The van der Waals surface area contributed by atoms with Crippen molar-refractivity contribution in [1.29, 1.82) is 0 Å². The van der Waals surface area contributed by atoms with Crippen molar-refractivity contribution < 1.29 is 9.53 Å². The van der Waals surface area contributed by atoms with Crippen LogP contribution in [0.1, 0.15) is 13.8 Å². The Labute approximate surface area is 89.9 Å². The van der Waals surface area contributed by atoms with E-state index in [0.29, 0.717) is 12.4 Å². The summed E-state index contributed by atoms with van der Waals surface area (Å²) in [6, 6.07) is 0.215. The second-order valence-corrected chi connectivity index (χ2v) is 4.45. The molecule has 0 saturated heterocycles. The molecule has 3 N–H and O–H groups in total. The lowest BCUT2D eigenvalue weighted by Crippen LogP contribution is -2.37. The monoisotopic (exact) mass is 220 g/mol. The molecule has 0 aliphatic heterocycles. The van der Waals surface area contributed by atoms with Gasteiger partial charge >= 0.3 is 0 Å². The summed E-state index contributed by atoms with van der Waals surface area (Å²) in [7, 11) is 1.62. The minimum absolute atomic E-state index is 0.0419. The Hall–Kier alpha value is -0.260. The molecule has 0 aliphatic carbocycles. The molecule has 84 valence electrons. The molecule has 5 heteroatoms. The third kappa shape index (κ3) is 8.34. The van der Waals surface area contributed by atoms with Crippen molar-refractivity contribution in [2.45, 2.75) is 25.9 Å². The Morgan fingerprint density at radius 2 is 2.21 bits per heavy atom. The van der Waals surface area contributed by atoms with Gasteiger partial charge in [0.1, 0.15) is 0 Å². The van der Waals surface area contributed by atoms with E-state index in [0.717, 1.165) is 5.75 Å². The fourth-order valence-corrected chi connectivity index (χ4v) is 1.70. The van der Waals surface area contributed by atoms with Crippen LogP contribution in [0.5, 0.6) is 0 Å². The van der Waals surface area contributed by atoms with E-state index in [9.17, 15) is 4.79 Å². The predicted octanol–water partition coefficient (Wildman–Crippen LogP) is 0.218. The number of hydrogen-bond donors (Lipinski definition) is 2. The second-order valence-electron chi connectivity index (χ2n) is 3.42. The van der Waals surface area contributed by atoms with Crippen molar-refractivity contribution in [2.24, 2.45) is 5.73 Å². The standard InChI is InChI=1S/C9H20N2O2S/c1-7(10)5-14-6-9(12)11-8(2)4-13-3/h7-8H,4-6,10H2,1-3H3,(H,11,12). The highest BCUT2D eigenvalue weighted by molar-refractivity contribution is 7.99. The molecule has 2 atom stereocenters. The van der Waals surface area contributed by atoms with Crippen molar-refractivity contribution in [1.82, 2.24) is 5.32 Å². The fourth-order valence-electron chi connectivity index (χ4n) is 0.946. The first-order valence-electron chi connectivity index (χ1n) is 4.68. The van der Waals surface area contributed by atoms with Crippen LogP contribution in [0, 0.1) is 0 Å². The maximum atomic E-state index is 11.3. The Balaban J connectivity index is 3.45. The molecule has 14 heavy (non-hydrogen) atoms. The average Bonchev–Trinajstić information content (AvgIpc) is 2.03. The van der Waals surface area contributed by atoms with Gasteiger partial charge in [-0.15, -0.1) is 0 Å². The second kappa shape index (κ2) is 8.08. The van der Waals surface area contributed by atoms with Gasteiger partial charge in [0.2, 0.25) is 5.91 Å². The van der Waals surface area contributed by atoms with E-state index < -0.39 is 0 Å². The van der Waals surface area contributed by atoms with Gasteiger partial charge in [-0.25, -0.2) is 0 Å². The number of methoxy groups -OCH3 is 1. The summed E-state index contributed by atoms with van der Waals surface area (Å²) < 4.78 is 4.91. The van der Waals surface area contributed by atoms with Crippen molar-refractivity contribution in [2.75, 3.05) is 25.2 Å². The Bertz CT molecular complexity index is 165. The smallest absolute Gasteiger partial charge is 0.230 e. The van der Waals surface area contributed by atoms with Crippen molar-refractivity contribution in [3.05, 3.63) is 0 Å². The van der Waals surface area contributed by atoms with Gasteiger partial charge in [0.05, 0.1) is 12.4 Å². The van der Waals surface area contributed by atoms with E-state index in [1.54, 1.807) is 18.9 Å². The summed E-state index contributed by atoms with van der Waals surface area (Å²) in [4.78, 5) is 11.3. The van der Waals surface area contributed by atoms with Crippen LogP contribution < -0.4 is 11.1 Å². The van der Waals surface area contributed by atoms with Gasteiger partial charge in [-0.05, 0) is 13.8 Å². The topological polar surface area (TPSA) is 64.3 Å². The van der Waals surface area contributed by atoms with Gasteiger partial charge in [0, 0.05) is 24.9 Å². The molecule has 0 aromatic heterocycles. The quantitative estimate of drug-likeness (QED) is 0.644. The zero-order chi connectivity index (χ0) is 11.0. The zero-order valence-electron chi connectivity index (χ0n) is 9.08. The minimum Gasteiger partial charge on any atom is -0.383 e. The summed E-state index contributed by atoms with van der Waals surface area (Å²) in [6.07, 6.45) is 0. The van der Waals surface area contributed by atoms with Gasteiger partial charge in [-0.1, -0.05) is 0 Å². The molecule has 0 rings (SSSR count). The Morgan fingerprint density at radius 3 is 2.71 bits per heavy atom. The average molecular weight is 220 g/mol. The summed E-state index contributed by atoms with van der Waals surface area (Å²) in [5.74, 6) is 1.32. The molecule has 4 nitrogen and oxygen atoms in total. The number of thioether (sulfide) groups is 1. The highest BCUT2D eigenvalue weighted by atomic mass is 32.2. The molecular weight excluding hydrogens is 200 g/mol. The molecular formula is C9H20N2O2S.